The minimum atomic E-state index is -0.0686. The van der Waals surface area contributed by atoms with Gasteiger partial charge in [0.2, 0.25) is 11.9 Å². The maximum Gasteiger partial charge on any atom is 0.234 e. The molecule has 0 bridgehead atoms. The number of carbonyl (C=O) groups is 1. The molecule has 1 N–H and O–H groups in total. The zero-order valence-electron chi connectivity index (χ0n) is 18.7. The van der Waals surface area contributed by atoms with E-state index >= 15 is 0 Å². The first-order chi connectivity index (χ1) is 15.7. The predicted molar refractivity (Wildman–Crippen MR) is 129 cm³/mol. The Balaban J connectivity index is 1.40. The monoisotopic (exact) mass is 454 g/mol. The zero-order chi connectivity index (χ0) is 22.3. The highest BCUT2D eigenvalue weighted by molar-refractivity contribution is 7.99. The van der Waals surface area contributed by atoms with E-state index < -0.39 is 0 Å². The number of nitrogens with zero attached hydrogens (tertiary/aromatic N) is 5. The van der Waals surface area contributed by atoms with Gasteiger partial charge in [-0.25, -0.2) is 0 Å². The summed E-state index contributed by atoms with van der Waals surface area (Å²) >= 11 is 1.39. The van der Waals surface area contributed by atoms with E-state index in [-0.39, 0.29) is 11.7 Å². The van der Waals surface area contributed by atoms with E-state index in [1.54, 1.807) is 6.26 Å². The number of furan rings is 1. The fourth-order valence-electron chi connectivity index (χ4n) is 3.91. The molecule has 0 radical (unpaired) electrons. The third-order valence-corrected chi connectivity index (χ3v) is 6.56. The van der Waals surface area contributed by atoms with Crippen molar-refractivity contribution in [2.24, 2.45) is 0 Å². The van der Waals surface area contributed by atoms with Gasteiger partial charge in [0.05, 0.1) is 18.6 Å². The highest BCUT2D eigenvalue weighted by Crippen LogP contribution is 2.26. The Morgan fingerprint density at radius 3 is 2.53 bits per heavy atom. The average Bonchev–Trinajstić information content (AvgIpc) is 3.57. The minimum Gasteiger partial charge on any atom is -0.467 e. The van der Waals surface area contributed by atoms with E-state index in [9.17, 15) is 4.79 Å². The Morgan fingerprint density at radius 2 is 1.88 bits per heavy atom. The summed E-state index contributed by atoms with van der Waals surface area (Å²) in [5.41, 5.74) is 1.95. The van der Waals surface area contributed by atoms with Crippen molar-refractivity contribution in [2.75, 3.05) is 47.0 Å². The summed E-state index contributed by atoms with van der Waals surface area (Å²) in [6.07, 6.45) is 3.98. The van der Waals surface area contributed by atoms with Crippen LogP contribution in [0.3, 0.4) is 0 Å². The zero-order valence-corrected chi connectivity index (χ0v) is 19.5. The molecule has 1 aliphatic rings. The molecule has 8 nitrogen and oxygen atoms in total. The van der Waals surface area contributed by atoms with Crippen LogP contribution in [0.1, 0.15) is 32.4 Å². The first-order valence-electron chi connectivity index (χ1n) is 11.2. The fourth-order valence-corrected chi connectivity index (χ4v) is 4.64. The topological polar surface area (TPSA) is 79.4 Å². The van der Waals surface area contributed by atoms with Crippen LogP contribution in [0.25, 0.3) is 0 Å². The van der Waals surface area contributed by atoms with Gasteiger partial charge in [-0.1, -0.05) is 11.8 Å². The largest absolute Gasteiger partial charge is 0.467 e. The summed E-state index contributed by atoms with van der Waals surface area (Å²) in [6.45, 7) is 8.68. The van der Waals surface area contributed by atoms with Crippen LogP contribution in [0.4, 0.5) is 17.3 Å². The molecule has 0 atom stereocenters. The second-order valence-electron chi connectivity index (χ2n) is 7.70. The molecule has 3 aromatic rings. The summed E-state index contributed by atoms with van der Waals surface area (Å²) in [6, 6.07) is 11.8. The molecule has 170 valence electrons. The molecule has 1 aromatic carbocycles. The van der Waals surface area contributed by atoms with Crippen LogP contribution in [0.15, 0.2) is 52.2 Å². The van der Waals surface area contributed by atoms with Crippen LogP contribution >= 0.6 is 11.8 Å². The predicted octanol–water partition coefficient (Wildman–Crippen LogP) is 4.10. The number of hydrogen-bond acceptors (Lipinski definition) is 7. The van der Waals surface area contributed by atoms with Gasteiger partial charge in [0.1, 0.15) is 5.76 Å². The van der Waals surface area contributed by atoms with Gasteiger partial charge in [-0.15, -0.1) is 10.2 Å². The lowest BCUT2D eigenvalue weighted by molar-refractivity contribution is -0.113. The molecule has 1 amide bonds. The summed E-state index contributed by atoms with van der Waals surface area (Å²) in [4.78, 5) is 17.1. The highest BCUT2D eigenvalue weighted by atomic mass is 32.2. The minimum absolute atomic E-state index is 0.0686. The molecule has 0 aliphatic carbocycles. The lowest BCUT2D eigenvalue weighted by atomic mass is 10.2. The maximum atomic E-state index is 12.6. The Kier molecular flexibility index (Phi) is 7.36. The van der Waals surface area contributed by atoms with Gasteiger partial charge in [0.15, 0.2) is 5.16 Å². The standard InChI is InChI=1S/C23H30N6O2S/c1-3-27(4-2)19-11-9-18(10-12-19)24-21(30)17-32-23-26-25-22(28-13-5-6-14-28)29(23)16-20-8-7-15-31-20/h7-12,15H,3-6,13-14,16-17H2,1-2H3,(H,24,30). The highest BCUT2D eigenvalue weighted by Gasteiger charge is 2.22. The fraction of sp³-hybridized carbons (Fsp3) is 0.435. The van der Waals surface area contributed by atoms with Crippen LogP contribution in [-0.4, -0.2) is 52.6 Å². The van der Waals surface area contributed by atoms with Crippen LogP contribution in [0.2, 0.25) is 0 Å². The van der Waals surface area contributed by atoms with E-state index in [1.807, 2.05) is 41.0 Å². The van der Waals surface area contributed by atoms with Gasteiger partial charge in [-0.3, -0.25) is 9.36 Å². The van der Waals surface area contributed by atoms with Gasteiger partial charge < -0.3 is 19.5 Å². The maximum absolute atomic E-state index is 12.6. The van der Waals surface area contributed by atoms with Crippen molar-refractivity contribution in [3.8, 4) is 0 Å². The van der Waals surface area contributed by atoms with E-state index in [1.165, 1.54) is 11.8 Å². The molecule has 3 heterocycles. The van der Waals surface area contributed by atoms with E-state index in [4.69, 9.17) is 4.42 Å². The van der Waals surface area contributed by atoms with E-state index in [0.717, 1.165) is 67.3 Å². The van der Waals surface area contributed by atoms with Crippen molar-refractivity contribution in [1.82, 2.24) is 14.8 Å². The Labute approximate surface area is 193 Å². The molecule has 0 unspecified atom stereocenters. The molecule has 0 spiro atoms. The number of aromatic nitrogens is 3. The molecule has 32 heavy (non-hydrogen) atoms. The lowest BCUT2D eigenvalue weighted by Crippen LogP contribution is -2.23. The number of rotatable bonds is 10. The molecule has 0 saturated carbocycles. The summed E-state index contributed by atoms with van der Waals surface area (Å²) in [5, 5.41) is 12.5. The van der Waals surface area contributed by atoms with Crippen LogP contribution < -0.4 is 15.1 Å². The van der Waals surface area contributed by atoms with Gasteiger partial charge in [-0.05, 0) is 63.1 Å². The van der Waals surface area contributed by atoms with Crippen molar-refractivity contribution >= 4 is 35.0 Å². The molecule has 1 aliphatic heterocycles. The second kappa shape index (κ2) is 10.6. The Bertz CT molecular complexity index is 992. The van der Waals surface area contributed by atoms with Crippen molar-refractivity contribution in [2.45, 2.75) is 38.4 Å². The van der Waals surface area contributed by atoms with Crippen LogP contribution in [0.5, 0.6) is 0 Å². The molecule has 2 aromatic heterocycles. The molecule has 1 fully saturated rings. The first-order valence-corrected chi connectivity index (χ1v) is 12.1. The molecular formula is C23H30N6O2S. The summed E-state index contributed by atoms with van der Waals surface area (Å²) < 4.78 is 7.58. The molecular weight excluding hydrogens is 424 g/mol. The third-order valence-electron chi connectivity index (χ3n) is 5.59. The number of anilines is 3. The quantitative estimate of drug-likeness (QED) is 0.462. The van der Waals surface area contributed by atoms with Gasteiger partial charge in [0, 0.05) is 37.6 Å². The van der Waals surface area contributed by atoms with Crippen LogP contribution in [-0.2, 0) is 11.3 Å². The first kappa shape index (κ1) is 22.3. The Morgan fingerprint density at radius 1 is 1.12 bits per heavy atom. The number of benzene rings is 1. The average molecular weight is 455 g/mol. The number of amides is 1. The van der Waals surface area contributed by atoms with E-state index in [0.29, 0.717) is 6.54 Å². The molecule has 1 saturated heterocycles. The number of hydrogen-bond donors (Lipinski definition) is 1. The normalized spacial score (nSPS) is 13.5. The molecule has 9 heteroatoms. The summed E-state index contributed by atoms with van der Waals surface area (Å²) in [7, 11) is 0. The van der Waals surface area contributed by atoms with Crippen molar-refractivity contribution in [1.29, 1.82) is 0 Å². The summed E-state index contributed by atoms with van der Waals surface area (Å²) in [5.74, 6) is 1.87. The van der Waals surface area contributed by atoms with Crippen molar-refractivity contribution in [3.05, 3.63) is 48.4 Å². The van der Waals surface area contributed by atoms with E-state index in [2.05, 4.69) is 39.2 Å². The second-order valence-corrected chi connectivity index (χ2v) is 8.64. The molecule has 4 rings (SSSR count). The third kappa shape index (κ3) is 5.27. The van der Waals surface area contributed by atoms with Gasteiger partial charge in [0.25, 0.3) is 0 Å². The van der Waals surface area contributed by atoms with Gasteiger partial charge in [-0.2, -0.15) is 0 Å². The lowest BCUT2D eigenvalue weighted by Gasteiger charge is -2.21. The SMILES string of the molecule is CCN(CC)c1ccc(NC(=O)CSc2nnc(N3CCCC3)n2Cc2ccco2)cc1. The number of nitrogens with one attached hydrogen (secondary N) is 1. The van der Waals surface area contributed by atoms with Crippen molar-refractivity contribution in [3.63, 3.8) is 0 Å². The Hall–Kier alpha value is -2.94. The van der Waals surface area contributed by atoms with Crippen LogP contribution in [0, 0.1) is 0 Å². The van der Waals surface area contributed by atoms with Crippen molar-refractivity contribution < 1.29 is 9.21 Å². The number of carbonyl (C=O) groups excluding carboxylic acids is 1. The smallest absolute Gasteiger partial charge is 0.234 e. The number of thioether (sulfide) groups is 1. The van der Waals surface area contributed by atoms with Gasteiger partial charge >= 0.3 is 0 Å².